The molecule has 0 radical (unpaired) electrons. The van der Waals surface area contributed by atoms with Gasteiger partial charge in [-0.05, 0) is 14.1 Å². The molecule has 0 unspecified atom stereocenters. The van der Waals surface area contributed by atoms with Crippen LogP contribution in [0.15, 0.2) is 18.7 Å². The molecule has 0 aliphatic carbocycles. The molecule has 1 aromatic rings. The molecule has 0 bridgehead atoms. The summed E-state index contributed by atoms with van der Waals surface area (Å²) in [5.74, 6) is -1.14. The standard InChI is InChI=1S/C13H20N4O2S.2C2H4O2/c1-16(2)12-8-20(18,19)13-7-17(6-11(12)13)5-10-3-14-9-15-4-10;2*1-2(3)4/h3-4,9,11-13H,5-8H2,1-2H3;2*1H3,(H,3,4)/t11-,12+,13-;;/m0../s1. The van der Waals surface area contributed by atoms with Gasteiger partial charge < -0.3 is 15.1 Å². The first-order chi connectivity index (χ1) is 12.9. The molecule has 2 N–H and O–H groups in total. The van der Waals surface area contributed by atoms with E-state index in [1.54, 1.807) is 12.4 Å². The molecule has 0 saturated carbocycles. The van der Waals surface area contributed by atoms with Crippen molar-refractivity contribution in [3.63, 3.8) is 0 Å². The number of carboxylic acid groups (broad SMARTS) is 2. The second-order valence-electron chi connectivity index (χ2n) is 7.04. The minimum atomic E-state index is -2.96. The van der Waals surface area contributed by atoms with Gasteiger partial charge in [-0.1, -0.05) is 0 Å². The van der Waals surface area contributed by atoms with Crippen molar-refractivity contribution in [2.75, 3.05) is 32.9 Å². The van der Waals surface area contributed by atoms with Gasteiger partial charge in [-0.25, -0.2) is 18.4 Å². The molecular weight excluding hydrogens is 388 g/mol. The van der Waals surface area contributed by atoms with Crippen LogP contribution in [0.5, 0.6) is 0 Å². The molecular formula is C17H28N4O6S. The smallest absolute Gasteiger partial charge is 0.300 e. The Kier molecular flexibility index (Phi) is 8.92. The van der Waals surface area contributed by atoms with E-state index in [0.29, 0.717) is 12.3 Å². The van der Waals surface area contributed by atoms with Gasteiger partial charge in [-0.3, -0.25) is 14.5 Å². The van der Waals surface area contributed by atoms with Crippen LogP contribution < -0.4 is 0 Å². The summed E-state index contributed by atoms with van der Waals surface area (Å²) in [6.45, 7) is 4.36. The number of fused-ring (bicyclic) bond motifs is 1. The molecule has 10 nitrogen and oxygen atoms in total. The molecule has 3 atom stereocenters. The first-order valence-corrected chi connectivity index (χ1v) is 10.4. The summed E-state index contributed by atoms with van der Waals surface area (Å²) in [5.41, 5.74) is 1.03. The molecule has 1 aromatic heterocycles. The lowest BCUT2D eigenvalue weighted by Gasteiger charge is -2.25. The van der Waals surface area contributed by atoms with Crippen LogP contribution in [-0.2, 0) is 26.0 Å². The Morgan fingerprint density at radius 2 is 1.64 bits per heavy atom. The second-order valence-corrected chi connectivity index (χ2v) is 9.31. The van der Waals surface area contributed by atoms with E-state index in [1.807, 2.05) is 14.1 Å². The number of hydrogen-bond acceptors (Lipinski definition) is 8. The van der Waals surface area contributed by atoms with Crippen molar-refractivity contribution < 1.29 is 28.2 Å². The minimum absolute atomic E-state index is 0.141. The van der Waals surface area contributed by atoms with Crippen LogP contribution in [0.1, 0.15) is 19.4 Å². The first kappa shape index (κ1) is 23.9. The molecule has 158 valence electrons. The van der Waals surface area contributed by atoms with Gasteiger partial charge in [-0.15, -0.1) is 0 Å². The number of rotatable bonds is 3. The number of carbonyl (C=O) groups is 2. The Balaban J connectivity index is 0.000000420. The number of nitrogens with zero attached hydrogens (tertiary/aromatic N) is 4. The summed E-state index contributed by atoms with van der Waals surface area (Å²) in [4.78, 5) is 30.3. The Hall–Kier alpha value is -2.11. The Bertz CT molecular complexity index is 736. The predicted molar refractivity (Wildman–Crippen MR) is 102 cm³/mol. The van der Waals surface area contributed by atoms with Gasteiger partial charge >= 0.3 is 0 Å². The van der Waals surface area contributed by atoms with Crippen molar-refractivity contribution in [3.8, 4) is 0 Å². The Morgan fingerprint density at radius 1 is 1.14 bits per heavy atom. The number of carboxylic acids is 2. The number of hydrogen-bond donors (Lipinski definition) is 2. The van der Waals surface area contributed by atoms with E-state index in [4.69, 9.17) is 19.8 Å². The van der Waals surface area contributed by atoms with Gasteiger partial charge in [0.25, 0.3) is 11.9 Å². The fourth-order valence-electron chi connectivity index (χ4n) is 3.45. The van der Waals surface area contributed by atoms with Gasteiger partial charge in [0.15, 0.2) is 9.84 Å². The third-order valence-electron chi connectivity index (χ3n) is 4.43. The summed E-state index contributed by atoms with van der Waals surface area (Å²) in [5, 5.41) is 14.6. The monoisotopic (exact) mass is 416 g/mol. The highest BCUT2D eigenvalue weighted by atomic mass is 32.2. The number of aliphatic carboxylic acids is 2. The average Bonchev–Trinajstić information content (AvgIpc) is 3.06. The summed E-state index contributed by atoms with van der Waals surface area (Å²) >= 11 is 0. The molecule has 28 heavy (non-hydrogen) atoms. The van der Waals surface area contributed by atoms with Gasteiger partial charge in [0.05, 0.1) is 11.0 Å². The molecule has 2 aliphatic heterocycles. The third-order valence-corrected chi connectivity index (χ3v) is 6.65. The van der Waals surface area contributed by atoms with E-state index in [-0.39, 0.29) is 17.2 Å². The minimum Gasteiger partial charge on any atom is -0.481 e. The first-order valence-electron chi connectivity index (χ1n) is 8.67. The maximum Gasteiger partial charge on any atom is 0.300 e. The van der Waals surface area contributed by atoms with E-state index in [1.165, 1.54) is 6.33 Å². The van der Waals surface area contributed by atoms with Crippen molar-refractivity contribution in [1.29, 1.82) is 0 Å². The summed E-state index contributed by atoms with van der Waals surface area (Å²) in [7, 11) is 0.979. The SMILES string of the molecule is CC(=O)O.CC(=O)O.CN(C)[C@@H]1CS(=O)(=O)[C@H]2CN(Cc3cncnc3)C[C@@H]12. The lowest BCUT2D eigenvalue weighted by molar-refractivity contribution is -0.135. The molecule has 0 aromatic carbocycles. The van der Waals surface area contributed by atoms with Crippen molar-refractivity contribution in [3.05, 3.63) is 24.3 Å². The van der Waals surface area contributed by atoms with E-state index < -0.39 is 21.8 Å². The topological polar surface area (TPSA) is 141 Å². The Labute approximate surface area is 165 Å². The molecule has 0 spiro atoms. The van der Waals surface area contributed by atoms with Crippen LogP contribution in [0.25, 0.3) is 0 Å². The lowest BCUT2D eigenvalue weighted by Crippen LogP contribution is -2.37. The predicted octanol–water partition coefficient (Wildman–Crippen LogP) is -0.183. The van der Waals surface area contributed by atoms with Gasteiger partial charge in [0, 0.05) is 63.4 Å². The van der Waals surface area contributed by atoms with Gasteiger partial charge in [-0.2, -0.15) is 0 Å². The highest BCUT2D eigenvalue weighted by Gasteiger charge is 2.52. The normalized spacial score (nSPS) is 25.1. The van der Waals surface area contributed by atoms with E-state index in [0.717, 1.165) is 32.5 Å². The second kappa shape index (κ2) is 10.4. The number of likely N-dealkylation sites (tertiary alicyclic amines) is 1. The van der Waals surface area contributed by atoms with Crippen LogP contribution in [0.4, 0.5) is 0 Å². The van der Waals surface area contributed by atoms with Crippen molar-refractivity contribution in [2.24, 2.45) is 5.92 Å². The van der Waals surface area contributed by atoms with E-state index in [2.05, 4.69) is 19.8 Å². The highest BCUT2D eigenvalue weighted by molar-refractivity contribution is 7.92. The van der Waals surface area contributed by atoms with Crippen LogP contribution in [0.3, 0.4) is 0 Å². The van der Waals surface area contributed by atoms with Crippen LogP contribution in [0.2, 0.25) is 0 Å². The van der Waals surface area contributed by atoms with Crippen molar-refractivity contribution in [2.45, 2.75) is 31.7 Å². The fraction of sp³-hybridized carbons (Fsp3) is 0.647. The fourth-order valence-corrected chi connectivity index (χ4v) is 5.95. The van der Waals surface area contributed by atoms with Crippen molar-refractivity contribution >= 4 is 21.8 Å². The summed E-state index contributed by atoms with van der Waals surface area (Å²) < 4.78 is 24.6. The zero-order valence-electron chi connectivity index (χ0n) is 16.5. The molecule has 2 fully saturated rings. The quantitative estimate of drug-likeness (QED) is 0.681. The average molecular weight is 417 g/mol. The Morgan fingerprint density at radius 3 is 2.11 bits per heavy atom. The molecule has 2 saturated heterocycles. The molecule has 11 heteroatoms. The molecule has 3 rings (SSSR count). The molecule has 3 heterocycles. The number of aromatic nitrogens is 2. The number of sulfone groups is 1. The molecule has 2 aliphatic rings. The summed E-state index contributed by atoms with van der Waals surface area (Å²) in [6, 6.07) is 0.141. The van der Waals surface area contributed by atoms with Gasteiger partial charge in [0.2, 0.25) is 0 Å². The zero-order chi connectivity index (χ0) is 21.5. The highest BCUT2D eigenvalue weighted by Crippen LogP contribution is 2.36. The maximum atomic E-state index is 12.3. The molecule has 0 amide bonds. The maximum absolute atomic E-state index is 12.3. The summed E-state index contributed by atoms with van der Waals surface area (Å²) in [6.07, 6.45) is 5.09. The third kappa shape index (κ3) is 7.49. The largest absolute Gasteiger partial charge is 0.481 e. The van der Waals surface area contributed by atoms with E-state index in [9.17, 15) is 8.42 Å². The van der Waals surface area contributed by atoms with E-state index >= 15 is 0 Å². The van der Waals surface area contributed by atoms with Gasteiger partial charge in [0.1, 0.15) is 6.33 Å². The van der Waals surface area contributed by atoms with Crippen molar-refractivity contribution in [1.82, 2.24) is 19.8 Å². The van der Waals surface area contributed by atoms with Crippen LogP contribution >= 0.6 is 0 Å². The van der Waals surface area contributed by atoms with Crippen LogP contribution in [-0.4, -0.2) is 94.6 Å². The lowest BCUT2D eigenvalue weighted by atomic mass is 10.00. The van der Waals surface area contributed by atoms with Crippen LogP contribution in [0, 0.1) is 5.92 Å². The zero-order valence-corrected chi connectivity index (χ0v) is 17.3.